The first-order valence-corrected chi connectivity index (χ1v) is 5.81. The highest BCUT2D eigenvalue weighted by atomic mass is 16.1. The highest BCUT2D eigenvalue weighted by Gasteiger charge is 2.26. The number of hydrogen-bond acceptors (Lipinski definition) is 1. The van der Waals surface area contributed by atoms with Crippen LogP contribution in [-0.2, 0) is 4.79 Å². The zero-order valence-corrected chi connectivity index (χ0v) is 10.4. The molecular weight excluding hydrogens is 200 g/mol. The van der Waals surface area contributed by atoms with Crippen molar-refractivity contribution in [2.75, 3.05) is 0 Å². The maximum atomic E-state index is 11.2. The molecule has 0 amide bonds. The van der Waals surface area contributed by atoms with Crippen molar-refractivity contribution in [3.05, 3.63) is 17.2 Å². The van der Waals surface area contributed by atoms with E-state index in [9.17, 15) is 4.79 Å². The van der Waals surface area contributed by atoms with E-state index >= 15 is 0 Å². The van der Waals surface area contributed by atoms with Gasteiger partial charge in [0.1, 0.15) is 0 Å². The highest BCUT2D eigenvalue weighted by molar-refractivity contribution is 6.25. The van der Waals surface area contributed by atoms with Gasteiger partial charge in [0.25, 0.3) is 0 Å². The fourth-order valence-corrected chi connectivity index (χ4v) is 2.17. The van der Waals surface area contributed by atoms with Gasteiger partial charge in [-0.2, -0.15) is 4.79 Å². The van der Waals surface area contributed by atoms with Crippen molar-refractivity contribution in [2.24, 2.45) is 11.3 Å². The lowest BCUT2D eigenvalue weighted by Gasteiger charge is -2.33. The Balaban J connectivity index is 2.53. The third kappa shape index (κ3) is 3.74. The zero-order valence-electron chi connectivity index (χ0n) is 10.4. The summed E-state index contributed by atoms with van der Waals surface area (Å²) < 4.78 is 0. The maximum Gasteiger partial charge on any atom is 0.323 e. The molecule has 0 radical (unpaired) electrons. The number of carbonyl (C=O) groups is 1. The van der Waals surface area contributed by atoms with Crippen molar-refractivity contribution in [3.8, 4) is 0 Å². The molecular formula is C13H20N2O. The Labute approximate surface area is 97.2 Å². The number of ketones is 1. The van der Waals surface area contributed by atoms with Crippen molar-refractivity contribution in [1.29, 1.82) is 0 Å². The predicted molar refractivity (Wildman–Crippen MR) is 64.2 cm³/mol. The summed E-state index contributed by atoms with van der Waals surface area (Å²) in [4.78, 5) is 14.0. The molecule has 1 aliphatic rings. The molecule has 0 aromatic carbocycles. The summed E-state index contributed by atoms with van der Waals surface area (Å²) in [5, 5.41) is 0. The van der Waals surface area contributed by atoms with Crippen LogP contribution in [0.4, 0.5) is 0 Å². The summed E-state index contributed by atoms with van der Waals surface area (Å²) in [6.45, 7) is 6.79. The molecule has 3 heteroatoms. The third-order valence-corrected chi connectivity index (χ3v) is 3.33. The Morgan fingerprint density at radius 2 is 2.31 bits per heavy atom. The van der Waals surface area contributed by atoms with Crippen LogP contribution in [0.3, 0.4) is 0 Å². The lowest BCUT2D eigenvalue weighted by Crippen LogP contribution is -2.22. The third-order valence-electron chi connectivity index (χ3n) is 3.33. The van der Waals surface area contributed by atoms with Gasteiger partial charge in [-0.25, -0.2) is 0 Å². The molecule has 1 unspecified atom stereocenters. The summed E-state index contributed by atoms with van der Waals surface area (Å²) in [7, 11) is 0. The van der Waals surface area contributed by atoms with Crippen molar-refractivity contribution < 1.29 is 9.58 Å². The van der Waals surface area contributed by atoms with Crippen LogP contribution >= 0.6 is 0 Å². The Bertz CT molecular complexity index is 343. The Hall–Kier alpha value is -1.21. The fourth-order valence-electron chi connectivity index (χ4n) is 2.17. The van der Waals surface area contributed by atoms with E-state index in [0.717, 1.165) is 25.5 Å². The molecule has 0 aromatic rings. The summed E-state index contributed by atoms with van der Waals surface area (Å²) in [6.07, 6.45) is 6.77. The van der Waals surface area contributed by atoms with Gasteiger partial charge in [-0.3, -0.25) is 4.79 Å². The molecule has 88 valence electrons. The van der Waals surface area contributed by atoms with Gasteiger partial charge in [0.15, 0.2) is 0 Å². The van der Waals surface area contributed by atoms with E-state index in [1.54, 1.807) is 0 Å². The molecule has 0 saturated carbocycles. The first-order valence-electron chi connectivity index (χ1n) is 5.81. The number of allylic oxidation sites excluding steroid dienone is 2. The molecule has 1 atom stereocenters. The second-order valence-corrected chi connectivity index (χ2v) is 5.59. The number of Topliss-reactive ketones (excluding diaryl/α,β-unsaturated/α-hetero) is 1. The van der Waals surface area contributed by atoms with Gasteiger partial charge in [-0.15, -0.1) is 0 Å². The molecule has 0 heterocycles. The smallest absolute Gasteiger partial charge is 0.323 e. The van der Waals surface area contributed by atoms with Crippen molar-refractivity contribution in [2.45, 2.75) is 46.5 Å². The van der Waals surface area contributed by atoms with Gasteiger partial charge in [0.05, 0.1) is 0 Å². The monoisotopic (exact) mass is 220 g/mol. The molecule has 0 saturated heterocycles. The molecule has 3 nitrogen and oxygen atoms in total. The van der Waals surface area contributed by atoms with Gasteiger partial charge >= 0.3 is 6.21 Å². The number of nitrogens with zero attached hydrogens (tertiary/aromatic N) is 2. The molecule has 16 heavy (non-hydrogen) atoms. The van der Waals surface area contributed by atoms with Gasteiger partial charge in [-0.1, -0.05) is 32.4 Å². The first-order chi connectivity index (χ1) is 7.43. The second kappa shape index (κ2) is 5.22. The van der Waals surface area contributed by atoms with Crippen LogP contribution in [-0.4, -0.2) is 16.8 Å². The molecule has 0 aliphatic heterocycles. The summed E-state index contributed by atoms with van der Waals surface area (Å²) in [5.74, 6) is 0.584. The molecule has 0 N–H and O–H groups in total. The average Bonchev–Trinajstić information content (AvgIpc) is 2.17. The van der Waals surface area contributed by atoms with Crippen molar-refractivity contribution in [1.82, 2.24) is 0 Å². The fraction of sp³-hybridized carbons (Fsp3) is 0.692. The lowest BCUT2D eigenvalue weighted by atomic mass is 9.72. The van der Waals surface area contributed by atoms with E-state index < -0.39 is 0 Å². The molecule has 0 fully saturated rings. The Morgan fingerprint density at radius 1 is 1.62 bits per heavy atom. The number of hydrogen-bond donors (Lipinski definition) is 0. The number of carbonyl (C=O) groups excluding carboxylic acids is 1. The molecule has 0 spiro atoms. The van der Waals surface area contributed by atoms with Gasteiger partial charge in [-0.05, 0) is 30.6 Å². The molecule has 0 bridgehead atoms. The van der Waals surface area contributed by atoms with Gasteiger partial charge in [0, 0.05) is 6.42 Å². The largest absolute Gasteiger partial charge is 0.361 e. The van der Waals surface area contributed by atoms with Crippen molar-refractivity contribution in [3.63, 3.8) is 0 Å². The molecule has 1 rings (SSSR count). The standard InChI is InChI=1S/C13H20N2O/c1-13(2,3)11-6-4-10(5-7-11)8-12(16)9-15-14/h4,9,11H,5-8H2,1-3H3. The van der Waals surface area contributed by atoms with Crippen LogP contribution in [0.2, 0.25) is 0 Å². The summed E-state index contributed by atoms with van der Waals surface area (Å²) >= 11 is 0. The van der Waals surface area contributed by atoms with Crippen LogP contribution in [0.5, 0.6) is 0 Å². The van der Waals surface area contributed by atoms with E-state index in [-0.39, 0.29) is 5.78 Å². The highest BCUT2D eigenvalue weighted by Crippen LogP contribution is 2.37. The van der Waals surface area contributed by atoms with E-state index in [2.05, 4.69) is 31.6 Å². The normalized spacial score (nSPS) is 20.9. The van der Waals surface area contributed by atoms with Crippen LogP contribution in [0.15, 0.2) is 11.6 Å². The van der Waals surface area contributed by atoms with E-state index in [4.69, 9.17) is 5.53 Å². The van der Waals surface area contributed by atoms with Crippen LogP contribution < -0.4 is 0 Å². The average molecular weight is 220 g/mol. The minimum atomic E-state index is -0.122. The topological polar surface area (TPSA) is 53.5 Å². The second-order valence-electron chi connectivity index (χ2n) is 5.59. The summed E-state index contributed by atoms with van der Waals surface area (Å²) in [6, 6.07) is 0. The van der Waals surface area contributed by atoms with Crippen LogP contribution in [0, 0.1) is 11.3 Å². The minimum absolute atomic E-state index is 0.122. The molecule has 1 aliphatic carbocycles. The first kappa shape index (κ1) is 12.9. The quantitative estimate of drug-likeness (QED) is 0.312. The van der Waals surface area contributed by atoms with E-state index in [1.807, 2.05) is 0 Å². The zero-order chi connectivity index (χ0) is 12.2. The predicted octanol–water partition coefficient (Wildman–Crippen LogP) is 3.02. The lowest BCUT2D eigenvalue weighted by molar-refractivity contribution is -0.115. The van der Waals surface area contributed by atoms with E-state index in [1.165, 1.54) is 5.57 Å². The van der Waals surface area contributed by atoms with Crippen molar-refractivity contribution >= 4 is 12.0 Å². The Morgan fingerprint density at radius 3 is 2.75 bits per heavy atom. The van der Waals surface area contributed by atoms with Gasteiger partial charge in [0.2, 0.25) is 5.78 Å². The maximum absolute atomic E-state index is 11.2. The molecule has 0 aromatic heterocycles. The van der Waals surface area contributed by atoms with E-state index in [0.29, 0.717) is 17.8 Å². The van der Waals surface area contributed by atoms with Crippen LogP contribution in [0.1, 0.15) is 46.5 Å². The Kier molecular flexibility index (Phi) is 4.19. The minimum Gasteiger partial charge on any atom is -0.361 e. The summed E-state index contributed by atoms with van der Waals surface area (Å²) in [5.41, 5.74) is 9.78. The van der Waals surface area contributed by atoms with Gasteiger partial charge < -0.3 is 5.53 Å². The SMILES string of the molecule is CC(C)(C)C1CC=C(CC(=O)C=[N+]=[N-])CC1. The number of rotatable bonds is 3. The van der Waals surface area contributed by atoms with Crippen LogP contribution in [0.25, 0.3) is 5.53 Å².